The number of benzene rings is 4. The quantitative estimate of drug-likeness (QED) is 0.128. The minimum atomic E-state index is 0. The number of halogens is 2. The summed E-state index contributed by atoms with van der Waals surface area (Å²) in [4.78, 5) is 0. The number of methoxy groups -OCH3 is 2. The van der Waals surface area contributed by atoms with Crippen molar-refractivity contribution in [2.75, 3.05) is 14.2 Å². The Morgan fingerprint density at radius 1 is 0.554 bits per heavy atom. The molecular weight excluding hydrogens is 823 g/mol. The summed E-state index contributed by atoms with van der Waals surface area (Å²) in [6.45, 7) is 33.5. The van der Waals surface area contributed by atoms with E-state index in [9.17, 15) is 0 Å². The number of aryl methyl sites for hydroxylation is 5. The molecule has 0 N–H and O–H groups in total. The van der Waals surface area contributed by atoms with Gasteiger partial charge in [0.1, 0.15) is 11.5 Å². The predicted octanol–water partition coefficient (Wildman–Crippen LogP) is 8.52. The second-order valence-corrected chi connectivity index (χ2v) is 27.3. The van der Waals surface area contributed by atoms with E-state index in [-0.39, 0.29) is 41.1 Å². The maximum absolute atomic E-state index is 6.01. The van der Waals surface area contributed by atoms with Crippen LogP contribution in [0.1, 0.15) is 106 Å². The Morgan fingerprint density at radius 3 is 1.21 bits per heavy atom. The van der Waals surface area contributed by atoms with Gasteiger partial charge in [-0.2, -0.15) is 12.1 Å². The number of ether oxygens (including phenoxy) is 2. The van der Waals surface area contributed by atoms with Crippen LogP contribution in [0.25, 0.3) is 43.8 Å². The second kappa shape index (κ2) is 19.9. The van der Waals surface area contributed by atoms with E-state index < -0.39 is 0 Å². The third-order valence-corrected chi connectivity index (χ3v) is 9.80. The Balaban J connectivity index is 0.000000343. The summed E-state index contributed by atoms with van der Waals surface area (Å²) in [6.07, 6.45) is 0. The molecular formula is C50H64Cl2O2SiZr-2. The molecule has 0 spiro atoms. The van der Waals surface area contributed by atoms with Crippen LogP contribution >= 0.6 is 0 Å². The molecule has 0 radical (unpaired) electrons. The molecule has 2 nitrogen and oxygen atoms in total. The van der Waals surface area contributed by atoms with Gasteiger partial charge in [-0.25, -0.2) is 0 Å². The summed E-state index contributed by atoms with van der Waals surface area (Å²) < 4.78 is 12.0. The smallest absolute Gasteiger partial charge is 1.00 e. The van der Waals surface area contributed by atoms with Crippen LogP contribution in [0, 0.1) is 34.6 Å². The van der Waals surface area contributed by atoms with Crippen LogP contribution in [-0.4, -0.2) is 19.7 Å². The molecule has 0 atom stereocenters. The van der Waals surface area contributed by atoms with Crippen molar-refractivity contribution in [3.05, 3.63) is 117 Å². The first-order chi connectivity index (χ1) is 25.0. The van der Waals surface area contributed by atoms with Gasteiger partial charge in [-0.15, -0.1) is 56.9 Å². The predicted molar refractivity (Wildman–Crippen MR) is 236 cm³/mol. The summed E-state index contributed by atoms with van der Waals surface area (Å²) in [5, 5.41) is 5.19. The minimum absolute atomic E-state index is 0. The fourth-order valence-electron chi connectivity index (χ4n) is 7.54. The van der Waals surface area contributed by atoms with Gasteiger partial charge in [-0.05, 0) is 77.8 Å². The zero-order valence-electron chi connectivity index (χ0n) is 37.1. The molecule has 0 saturated heterocycles. The maximum atomic E-state index is 6.01. The van der Waals surface area contributed by atoms with Crippen LogP contribution in [0.3, 0.4) is 0 Å². The molecule has 300 valence electrons. The molecule has 0 aliphatic heterocycles. The molecule has 6 heteroatoms. The van der Waals surface area contributed by atoms with Crippen molar-refractivity contribution in [2.24, 2.45) is 0 Å². The Kier molecular flexibility index (Phi) is 17.6. The summed E-state index contributed by atoms with van der Waals surface area (Å²) in [7, 11) is 3.59. The number of rotatable bonds is 5. The monoisotopic (exact) mass is 884 g/mol. The summed E-state index contributed by atoms with van der Waals surface area (Å²) in [5.74, 6) is 2.53. The maximum Gasteiger partial charge on any atom is -1.00 e. The van der Waals surface area contributed by atoms with Crippen molar-refractivity contribution in [3.8, 4) is 33.8 Å². The van der Waals surface area contributed by atoms with Crippen molar-refractivity contribution in [2.45, 2.75) is 120 Å². The van der Waals surface area contributed by atoms with Crippen molar-refractivity contribution in [3.63, 3.8) is 0 Å². The molecule has 6 aromatic rings. The SMILES string of the molecule is COc1c(C(C)(C)C)cc2[cH-]c(C(C)C)cc2c1-c1cc(C)cc(C)c1.COc1c(C(C)(C)C)cc2[cH-]c(C)cc2c1-c1cc(C)cc(C)c1.C[Si](C)=[Zr+2].[Cl-].[Cl-]. The second-order valence-electron chi connectivity index (χ2n) is 17.9. The summed E-state index contributed by atoms with van der Waals surface area (Å²) in [5.41, 5.74) is 15.5. The van der Waals surface area contributed by atoms with Gasteiger partial charge in [0.05, 0.1) is 14.2 Å². The topological polar surface area (TPSA) is 18.5 Å². The Labute approximate surface area is 367 Å². The van der Waals surface area contributed by atoms with Crippen molar-refractivity contribution in [1.82, 2.24) is 0 Å². The van der Waals surface area contributed by atoms with Gasteiger partial charge in [0, 0.05) is 0 Å². The Bertz CT molecular complexity index is 2250. The number of hydrogen-bond acceptors (Lipinski definition) is 2. The first-order valence-corrected chi connectivity index (χ1v) is 25.5. The van der Waals surface area contributed by atoms with Crippen LogP contribution in [0.4, 0.5) is 0 Å². The Hall–Kier alpha value is -2.62. The van der Waals surface area contributed by atoms with E-state index in [4.69, 9.17) is 9.47 Å². The Morgan fingerprint density at radius 2 is 0.893 bits per heavy atom. The molecule has 0 unspecified atom stereocenters. The van der Waals surface area contributed by atoms with Crippen LogP contribution in [0.15, 0.2) is 72.8 Å². The van der Waals surface area contributed by atoms with Gasteiger partial charge >= 0.3 is 41.9 Å². The minimum Gasteiger partial charge on any atom is -1.00 e. The van der Waals surface area contributed by atoms with Crippen LogP contribution in [0.2, 0.25) is 13.1 Å². The van der Waals surface area contributed by atoms with Crippen LogP contribution in [-0.2, 0) is 34.2 Å². The molecule has 0 aromatic heterocycles. The third kappa shape index (κ3) is 11.7. The van der Waals surface area contributed by atoms with Gasteiger partial charge in [0.25, 0.3) is 0 Å². The fraction of sp³-hybridized carbons (Fsp3) is 0.400. The van der Waals surface area contributed by atoms with Gasteiger partial charge in [-0.3, -0.25) is 0 Å². The molecule has 6 rings (SSSR count). The third-order valence-electron chi connectivity index (χ3n) is 9.80. The first-order valence-electron chi connectivity index (χ1n) is 19.3. The van der Waals surface area contributed by atoms with Gasteiger partial charge in [0.15, 0.2) is 0 Å². The molecule has 6 aromatic carbocycles. The fourth-order valence-corrected chi connectivity index (χ4v) is 7.54. The van der Waals surface area contributed by atoms with Crippen molar-refractivity contribution >= 4 is 27.0 Å². The van der Waals surface area contributed by atoms with E-state index in [1.807, 2.05) is 0 Å². The molecule has 0 aliphatic rings. The molecule has 0 aliphatic carbocycles. The van der Waals surface area contributed by atoms with Gasteiger partial charge in [-0.1, -0.05) is 121 Å². The van der Waals surface area contributed by atoms with E-state index >= 15 is 0 Å². The number of hydrogen-bond donors (Lipinski definition) is 0. The van der Waals surface area contributed by atoms with E-state index in [1.165, 1.54) is 88.3 Å². The zero-order chi connectivity index (χ0) is 40.4. The van der Waals surface area contributed by atoms with E-state index in [1.54, 1.807) is 37.6 Å². The summed E-state index contributed by atoms with van der Waals surface area (Å²) in [6, 6.07) is 27.4. The molecule has 56 heavy (non-hydrogen) atoms. The standard InChI is InChI=1S/C25H31O.C23H27O.C2H6Si.2ClH.Zr/c1-15(2)18-12-19-14-22(25(5,6)7)24(26-8)23(21(19)13-18)20-10-16(3)9-17(4)11-20;1-14-8-15(2)11-18(10-14)21-19-12-16(3)9-17(19)13-20(22(21)24-7)23(4,5)6;1-3-2;;;/h9-15H,1-8H3;8-13H,1-7H3;1-2H3;2*1H;/q2*-1;;;;+2/p-2. The van der Waals surface area contributed by atoms with Crippen molar-refractivity contribution < 1.29 is 57.6 Å². The normalized spacial score (nSPS) is 11.3. The molecule has 0 heterocycles. The van der Waals surface area contributed by atoms with E-state index in [0.29, 0.717) is 5.92 Å². The molecule has 0 bridgehead atoms. The summed E-state index contributed by atoms with van der Waals surface area (Å²) >= 11 is 1.74. The van der Waals surface area contributed by atoms with Gasteiger partial charge in [0.2, 0.25) is 0 Å². The first kappa shape index (κ1) is 49.5. The average Bonchev–Trinajstić information content (AvgIpc) is 3.64. The van der Waals surface area contributed by atoms with E-state index in [0.717, 1.165) is 11.5 Å². The molecule has 0 amide bonds. The average molecular weight is 887 g/mol. The molecule has 0 saturated carbocycles. The van der Waals surface area contributed by atoms with Crippen LogP contribution in [0.5, 0.6) is 11.5 Å². The van der Waals surface area contributed by atoms with E-state index in [2.05, 4.69) is 176 Å². The number of fused-ring (bicyclic) bond motifs is 2. The molecule has 0 fully saturated rings. The van der Waals surface area contributed by atoms with Gasteiger partial charge < -0.3 is 34.3 Å². The largest absolute Gasteiger partial charge is 1.00 e. The zero-order valence-corrected chi connectivity index (χ0v) is 42.0. The van der Waals surface area contributed by atoms with Crippen LogP contribution < -0.4 is 34.3 Å². The van der Waals surface area contributed by atoms with Crippen molar-refractivity contribution in [1.29, 1.82) is 0 Å².